The fraction of sp³-hybridized carbons (Fsp3) is 0.310. The Balaban J connectivity index is 1.15. The van der Waals surface area contributed by atoms with E-state index in [1.165, 1.54) is 12.1 Å². The van der Waals surface area contributed by atoms with Crippen LogP contribution in [0.5, 0.6) is 5.75 Å². The fourth-order valence-electron chi connectivity index (χ4n) is 4.91. The second-order valence-corrected chi connectivity index (χ2v) is 10.9. The van der Waals surface area contributed by atoms with Crippen molar-refractivity contribution >= 4 is 44.7 Å². The van der Waals surface area contributed by atoms with Crippen molar-refractivity contribution in [1.29, 1.82) is 0 Å². The average Bonchev–Trinajstić information content (AvgIpc) is 3.59. The number of nitrogens with one attached hydrogen (secondary N) is 2. The highest BCUT2D eigenvalue weighted by atomic mass is 35.5. The molecule has 0 amide bonds. The number of fused-ring (bicyclic) bond motifs is 1. The Hall–Kier alpha value is -3.26. The molecule has 10 heteroatoms. The van der Waals surface area contributed by atoms with Gasteiger partial charge in [0.05, 0.1) is 39.4 Å². The number of hydrogen-bond donors (Lipinski definition) is 2. The molecule has 2 aromatic carbocycles. The number of hydrogen-bond acceptors (Lipinski definition) is 8. The zero-order valence-corrected chi connectivity index (χ0v) is 22.7. The molecule has 2 aromatic heterocycles. The molecule has 0 aliphatic carbocycles. The van der Waals surface area contributed by atoms with Gasteiger partial charge in [0.25, 0.3) is 0 Å². The third-order valence-corrected chi connectivity index (χ3v) is 8.19. The maximum atomic E-state index is 13.4. The highest BCUT2D eigenvalue weighted by Crippen LogP contribution is 2.33. The van der Waals surface area contributed by atoms with Crippen LogP contribution in [0.4, 0.5) is 15.9 Å². The molecule has 0 radical (unpaired) electrons. The molecule has 2 aliphatic heterocycles. The Morgan fingerprint density at radius 2 is 2.08 bits per heavy atom. The van der Waals surface area contributed by atoms with E-state index in [9.17, 15) is 4.39 Å². The Labute approximate surface area is 235 Å². The summed E-state index contributed by atoms with van der Waals surface area (Å²) in [5, 5.41) is 7.34. The van der Waals surface area contributed by atoms with E-state index >= 15 is 0 Å². The molecule has 0 saturated carbocycles. The number of anilines is 2. The molecular formula is C29H27ClFN5O2S. The third-order valence-electron chi connectivity index (χ3n) is 6.84. The summed E-state index contributed by atoms with van der Waals surface area (Å²) >= 11 is 8.05. The highest BCUT2D eigenvalue weighted by Gasteiger charge is 2.31. The molecule has 0 spiro atoms. The SMILES string of the molecule is Fc1cccc(COc2ccc(Nc3ncnc4cc(C#C[C@H]5NCC[C@@H]5N5CCOCC5)sc34)cc2Cl)c1. The van der Waals surface area contributed by atoms with Crippen LogP contribution in [0.25, 0.3) is 10.2 Å². The van der Waals surface area contributed by atoms with Gasteiger partial charge in [-0.3, -0.25) is 4.90 Å². The predicted octanol–water partition coefficient (Wildman–Crippen LogP) is 5.22. The Morgan fingerprint density at radius 1 is 1.18 bits per heavy atom. The lowest BCUT2D eigenvalue weighted by atomic mass is 10.1. The van der Waals surface area contributed by atoms with E-state index in [1.807, 2.05) is 12.1 Å². The Bertz CT molecular complexity index is 1530. The number of aromatic nitrogens is 2. The molecule has 0 bridgehead atoms. The lowest BCUT2D eigenvalue weighted by Gasteiger charge is -2.33. The van der Waals surface area contributed by atoms with Crippen molar-refractivity contribution in [3.05, 3.63) is 76.1 Å². The van der Waals surface area contributed by atoms with E-state index in [2.05, 4.69) is 37.3 Å². The summed E-state index contributed by atoms with van der Waals surface area (Å²) in [7, 11) is 0. The maximum absolute atomic E-state index is 13.4. The molecule has 2 aliphatic rings. The molecule has 4 aromatic rings. The van der Waals surface area contributed by atoms with Gasteiger partial charge in [-0.25, -0.2) is 14.4 Å². The van der Waals surface area contributed by atoms with Crippen molar-refractivity contribution in [1.82, 2.24) is 20.2 Å². The summed E-state index contributed by atoms with van der Waals surface area (Å²) in [6.45, 7) is 4.70. The second kappa shape index (κ2) is 11.9. The van der Waals surface area contributed by atoms with Gasteiger partial charge in [0.15, 0.2) is 5.82 Å². The largest absolute Gasteiger partial charge is 0.487 e. The molecular weight excluding hydrogens is 537 g/mol. The zero-order valence-electron chi connectivity index (χ0n) is 21.1. The molecule has 0 unspecified atom stereocenters. The van der Waals surface area contributed by atoms with Crippen molar-refractivity contribution in [3.63, 3.8) is 0 Å². The lowest BCUT2D eigenvalue weighted by Crippen LogP contribution is -2.48. The first-order valence-electron chi connectivity index (χ1n) is 12.9. The van der Waals surface area contributed by atoms with Crippen molar-refractivity contribution in [2.24, 2.45) is 0 Å². The first kappa shape index (κ1) is 26.0. The van der Waals surface area contributed by atoms with Crippen LogP contribution in [0.1, 0.15) is 16.9 Å². The van der Waals surface area contributed by atoms with Crippen LogP contribution < -0.4 is 15.4 Å². The third kappa shape index (κ3) is 6.16. The molecule has 2 atom stereocenters. The molecule has 2 saturated heterocycles. The number of nitrogens with zero attached hydrogens (tertiary/aromatic N) is 3. The first-order chi connectivity index (χ1) is 19.1. The van der Waals surface area contributed by atoms with Crippen LogP contribution in [0.15, 0.2) is 54.9 Å². The van der Waals surface area contributed by atoms with Gasteiger partial charge < -0.3 is 20.1 Å². The standard InChI is InChI=1S/C29H27ClFN5O2S/c30-23-15-21(4-7-27(23)38-17-19-2-1-3-20(31)14-19)35-29-28-25(33-18-34-29)16-22(39-28)5-6-24-26(8-9-32-24)36-10-12-37-13-11-36/h1-4,7,14-16,18,24,26,32H,8-13,17H2,(H,33,34,35)/t24-,26+/m1/s1. The number of halogens is 2. The van der Waals surface area contributed by atoms with Crippen LogP contribution >= 0.6 is 22.9 Å². The number of rotatable bonds is 6. The minimum Gasteiger partial charge on any atom is -0.487 e. The quantitative estimate of drug-likeness (QED) is 0.312. The van der Waals surface area contributed by atoms with Crippen LogP contribution in [-0.4, -0.2) is 59.8 Å². The predicted molar refractivity (Wildman–Crippen MR) is 152 cm³/mol. The number of benzene rings is 2. The van der Waals surface area contributed by atoms with Gasteiger partial charge in [-0.2, -0.15) is 0 Å². The van der Waals surface area contributed by atoms with Gasteiger partial charge >= 0.3 is 0 Å². The second-order valence-electron chi connectivity index (χ2n) is 9.44. The van der Waals surface area contributed by atoms with Crippen LogP contribution in [0, 0.1) is 17.7 Å². The van der Waals surface area contributed by atoms with E-state index in [0.717, 1.165) is 65.6 Å². The Kier molecular flexibility index (Phi) is 7.90. The van der Waals surface area contributed by atoms with Crippen LogP contribution in [0.3, 0.4) is 0 Å². The molecule has 7 nitrogen and oxygen atoms in total. The summed E-state index contributed by atoms with van der Waals surface area (Å²) in [5.41, 5.74) is 2.34. The van der Waals surface area contributed by atoms with Gasteiger partial charge in [0.1, 0.15) is 24.5 Å². The van der Waals surface area contributed by atoms with E-state index in [0.29, 0.717) is 22.6 Å². The molecule has 2 fully saturated rings. The topological polar surface area (TPSA) is 71.5 Å². The van der Waals surface area contributed by atoms with Gasteiger partial charge in [0.2, 0.25) is 0 Å². The molecule has 200 valence electrons. The minimum absolute atomic E-state index is 0.140. The summed E-state index contributed by atoms with van der Waals surface area (Å²) < 4.78 is 25.7. The summed E-state index contributed by atoms with van der Waals surface area (Å²) in [5.74, 6) is 7.74. The summed E-state index contributed by atoms with van der Waals surface area (Å²) in [4.78, 5) is 12.3. The van der Waals surface area contributed by atoms with Gasteiger partial charge in [-0.15, -0.1) is 11.3 Å². The number of ether oxygens (including phenoxy) is 2. The van der Waals surface area contributed by atoms with Crippen molar-refractivity contribution in [2.75, 3.05) is 38.2 Å². The Morgan fingerprint density at radius 3 is 2.92 bits per heavy atom. The van der Waals surface area contributed by atoms with Crippen molar-refractivity contribution < 1.29 is 13.9 Å². The molecule has 4 heterocycles. The molecule has 2 N–H and O–H groups in total. The van der Waals surface area contributed by atoms with Crippen LogP contribution in [-0.2, 0) is 11.3 Å². The highest BCUT2D eigenvalue weighted by molar-refractivity contribution is 7.20. The zero-order chi connectivity index (χ0) is 26.6. The number of thiophene rings is 1. The van der Waals surface area contributed by atoms with Gasteiger partial charge in [-0.05, 0) is 54.9 Å². The average molecular weight is 564 g/mol. The van der Waals surface area contributed by atoms with Crippen molar-refractivity contribution in [2.45, 2.75) is 25.1 Å². The summed E-state index contributed by atoms with van der Waals surface area (Å²) in [6, 6.07) is 14.3. The van der Waals surface area contributed by atoms with E-state index in [4.69, 9.17) is 21.1 Å². The molecule has 6 rings (SSSR count). The normalized spacial score (nSPS) is 19.5. The van der Waals surface area contributed by atoms with Gasteiger partial charge in [-0.1, -0.05) is 35.6 Å². The smallest absolute Gasteiger partial charge is 0.151 e. The van der Waals surface area contributed by atoms with E-state index in [1.54, 1.807) is 41.9 Å². The van der Waals surface area contributed by atoms with Gasteiger partial charge in [0, 0.05) is 24.8 Å². The molecule has 39 heavy (non-hydrogen) atoms. The number of morpholine rings is 1. The van der Waals surface area contributed by atoms with Crippen LogP contribution in [0.2, 0.25) is 5.02 Å². The first-order valence-corrected chi connectivity index (χ1v) is 14.1. The fourth-order valence-corrected chi connectivity index (χ4v) is 6.07. The van der Waals surface area contributed by atoms with Crippen molar-refractivity contribution in [3.8, 4) is 17.6 Å². The van der Waals surface area contributed by atoms with E-state index in [-0.39, 0.29) is 18.5 Å². The van der Waals surface area contributed by atoms with E-state index < -0.39 is 0 Å². The monoisotopic (exact) mass is 563 g/mol. The lowest BCUT2D eigenvalue weighted by molar-refractivity contribution is 0.0173. The minimum atomic E-state index is -0.298. The maximum Gasteiger partial charge on any atom is 0.151 e. The summed E-state index contributed by atoms with van der Waals surface area (Å²) in [6.07, 6.45) is 2.64.